The van der Waals surface area contributed by atoms with Gasteiger partial charge in [-0.3, -0.25) is 14.7 Å². The van der Waals surface area contributed by atoms with Gasteiger partial charge in [0.25, 0.3) is 10.9 Å². The summed E-state index contributed by atoms with van der Waals surface area (Å²) in [5.41, 5.74) is 2.05. The Morgan fingerprint density at radius 1 is 1.04 bits per heavy atom. The molecular weight excluding hydrogens is 340 g/mol. The van der Waals surface area contributed by atoms with Gasteiger partial charge in [0, 0.05) is 22.6 Å². The number of aromatic amines is 1. The molecule has 0 atom stereocenters. The molecule has 4 rings (SSSR count). The number of hydrogen-bond donors (Lipinski definition) is 3. The highest BCUT2D eigenvalue weighted by Crippen LogP contribution is 2.24. The first-order valence-electron chi connectivity index (χ1n) is 7.63. The van der Waals surface area contributed by atoms with Gasteiger partial charge in [-0.15, -0.1) is 0 Å². The molecular formula is C18H13ClN4O2. The van der Waals surface area contributed by atoms with Crippen molar-refractivity contribution in [1.29, 1.82) is 0 Å². The second kappa shape index (κ2) is 6.07. The summed E-state index contributed by atoms with van der Waals surface area (Å²) in [6.07, 6.45) is 1.70. The molecule has 3 N–H and O–H groups in total. The molecule has 7 heteroatoms. The van der Waals surface area contributed by atoms with E-state index in [0.717, 1.165) is 16.5 Å². The maximum absolute atomic E-state index is 11.9. The van der Waals surface area contributed by atoms with Crippen molar-refractivity contribution in [3.05, 3.63) is 79.7 Å². The lowest BCUT2D eigenvalue weighted by molar-refractivity contribution is 1.12. The highest BCUT2D eigenvalue weighted by atomic mass is 35.5. The summed E-state index contributed by atoms with van der Waals surface area (Å²) in [5, 5.41) is 14.4. The zero-order chi connectivity index (χ0) is 17.4. The normalized spacial score (nSPS) is 11.1. The van der Waals surface area contributed by atoms with Crippen LogP contribution in [0.2, 0.25) is 5.02 Å². The molecule has 124 valence electrons. The second-order valence-electron chi connectivity index (χ2n) is 5.69. The summed E-state index contributed by atoms with van der Waals surface area (Å²) in [6.45, 7) is 0.404. The molecule has 3 aromatic carbocycles. The molecule has 0 spiro atoms. The first kappa shape index (κ1) is 15.4. The number of H-pyrrole nitrogens is 1. The molecule has 0 fully saturated rings. The summed E-state index contributed by atoms with van der Waals surface area (Å²) in [4.78, 5) is 23.8. The van der Waals surface area contributed by atoms with E-state index in [4.69, 9.17) is 11.6 Å². The Bertz CT molecular complexity index is 1140. The summed E-state index contributed by atoms with van der Waals surface area (Å²) in [6, 6.07) is 12.8. The highest BCUT2D eigenvalue weighted by molar-refractivity contribution is 6.30. The van der Waals surface area contributed by atoms with Gasteiger partial charge in [-0.2, -0.15) is 5.10 Å². The molecule has 0 bridgehead atoms. The van der Waals surface area contributed by atoms with E-state index in [1.165, 1.54) is 0 Å². The first-order chi connectivity index (χ1) is 12.1. The standard InChI is InChI=1S/C18H13ClN4O2/c19-12-3-1-2-10(6-12)8-20-15-16(18(25)17(15)24)22-13-4-5-14-11(7-13)9-21-23-14/h1-7,9,20,22H,8H2,(H,21,23). The molecule has 0 unspecified atom stereocenters. The topological polar surface area (TPSA) is 86.9 Å². The molecule has 0 aliphatic carbocycles. The number of aromatic nitrogens is 2. The third-order valence-corrected chi connectivity index (χ3v) is 4.21. The minimum absolute atomic E-state index is 0.273. The zero-order valence-corrected chi connectivity index (χ0v) is 13.7. The summed E-state index contributed by atoms with van der Waals surface area (Å²) in [5.74, 6) is 0. The second-order valence-corrected chi connectivity index (χ2v) is 6.13. The van der Waals surface area contributed by atoms with Gasteiger partial charge in [-0.25, -0.2) is 0 Å². The zero-order valence-electron chi connectivity index (χ0n) is 13.0. The molecule has 1 aromatic heterocycles. The number of nitrogens with zero attached hydrogens (tertiary/aromatic N) is 1. The number of benzene rings is 2. The van der Waals surface area contributed by atoms with Gasteiger partial charge < -0.3 is 10.6 Å². The van der Waals surface area contributed by atoms with Crippen molar-refractivity contribution in [2.75, 3.05) is 10.6 Å². The van der Waals surface area contributed by atoms with E-state index >= 15 is 0 Å². The third-order valence-electron chi connectivity index (χ3n) is 3.98. The molecule has 0 radical (unpaired) electrons. The van der Waals surface area contributed by atoms with Crippen molar-refractivity contribution in [1.82, 2.24) is 10.2 Å². The van der Waals surface area contributed by atoms with Crippen LogP contribution >= 0.6 is 11.6 Å². The van der Waals surface area contributed by atoms with Crippen molar-refractivity contribution in [3.8, 4) is 0 Å². The fourth-order valence-corrected chi connectivity index (χ4v) is 2.89. The number of anilines is 3. The van der Waals surface area contributed by atoms with Crippen molar-refractivity contribution >= 4 is 39.6 Å². The van der Waals surface area contributed by atoms with Crippen LogP contribution in [0.15, 0.2) is 58.3 Å². The Morgan fingerprint density at radius 2 is 1.88 bits per heavy atom. The van der Waals surface area contributed by atoms with Crippen LogP contribution in [0, 0.1) is 0 Å². The largest absolute Gasteiger partial charge is 0.376 e. The van der Waals surface area contributed by atoms with E-state index < -0.39 is 10.9 Å². The molecule has 0 aliphatic rings. The van der Waals surface area contributed by atoms with Gasteiger partial charge in [0.05, 0.1) is 11.7 Å². The number of nitrogens with one attached hydrogen (secondary N) is 3. The van der Waals surface area contributed by atoms with E-state index in [9.17, 15) is 9.59 Å². The van der Waals surface area contributed by atoms with Crippen LogP contribution in [-0.2, 0) is 6.54 Å². The molecule has 0 saturated heterocycles. The fourth-order valence-electron chi connectivity index (χ4n) is 2.68. The average Bonchev–Trinajstić information content (AvgIpc) is 3.08. The Balaban J connectivity index is 1.55. The lowest BCUT2D eigenvalue weighted by Gasteiger charge is -2.15. The van der Waals surface area contributed by atoms with E-state index in [0.29, 0.717) is 17.3 Å². The van der Waals surface area contributed by atoms with E-state index in [1.54, 1.807) is 18.3 Å². The van der Waals surface area contributed by atoms with Crippen molar-refractivity contribution < 1.29 is 0 Å². The summed E-state index contributed by atoms with van der Waals surface area (Å²) >= 11 is 5.95. The number of halogens is 1. The number of fused-ring (bicyclic) bond motifs is 1. The fraction of sp³-hybridized carbons (Fsp3) is 0.0556. The smallest absolute Gasteiger partial charge is 0.253 e. The van der Waals surface area contributed by atoms with Crippen LogP contribution in [0.4, 0.5) is 17.1 Å². The molecule has 1 heterocycles. The minimum Gasteiger partial charge on any atom is -0.376 e. The summed E-state index contributed by atoms with van der Waals surface area (Å²) in [7, 11) is 0. The highest BCUT2D eigenvalue weighted by Gasteiger charge is 2.20. The lowest BCUT2D eigenvalue weighted by Crippen LogP contribution is -2.36. The maximum atomic E-state index is 11.9. The van der Waals surface area contributed by atoms with E-state index in [2.05, 4.69) is 20.8 Å². The third kappa shape index (κ3) is 2.88. The SMILES string of the molecule is O=c1c(NCc2cccc(Cl)c2)c(Nc2ccc3[nH]ncc3c2)c1=O. The van der Waals surface area contributed by atoms with Gasteiger partial charge >= 0.3 is 0 Å². The molecule has 4 aromatic rings. The van der Waals surface area contributed by atoms with Crippen LogP contribution in [0.3, 0.4) is 0 Å². The summed E-state index contributed by atoms with van der Waals surface area (Å²) < 4.78 is 0. The van der Waals surface area contributed by atoms with Crippen molar-refractivity contribution in [2.24, 2.45) is 0 Å². The van der Waals surface area contributed by atoms with Crippen LogP contribution in [0.25, 0.3) is 10.9 Å². The molecule has 0 aliphatic heterocycles. The van der Waals surface area contributed by atoms with E-state index in [1.807, 2.05) is 30.3 Å². The number of rotatable bonds is 5. The minimum atomic E-state index is -0.527. The Morgan fingerprint density at radius 3 is 2.72 bits per heavy atom. The quantitative estimate of drug-likeness (QED) is 0.480. The first-order valence-corrected chi connectivity index (χ1v) is 8.01. The maximum Gasteiger partial charge on any atom is 0.253 e. The van der Waals surface area contributed by atoms with Gasteiger partial charge in [0.1, 0.15) is 11.4 Å². The molecule has 0 saturated carbocycles. The Labute approximate surface area is 147 Å². The van der Waals surface area contributed by atoms with Crippen LogP contribution in [0.5, 0.6) is 0 Å². The molecule has 6 nitrogen and oxygen atoms in total. The predicted octanol–water partition coefficient (Wildman–Crippen LogP) is 3.17. The lowest BCUT2D eigenvalue weighted by atomic mass is 10.1. The predicted molar refractivity (Wildman–Crippen MR) is 99.5 cm³/mol. The number of hydrogen-bond acceptors (Lipinski definition) is 5. The van der Waals surface area contributed by atoms with Gasteiger partial charge in [-0.05, 0) is 35.9 Å². The monoisotopic (exact) mass is 352 g/mol. The average molecular weight is 353 g/mol. The van der Waals surface area contributed by atoms with Crippen molar-refractivity contribution in [3.63, 3.8) is 0 Å². The van der Waals surface area contributed by atoms with E-state index in [-0.39, 0.29) is 11.4 Å². The van der Waals surface area contributed by atoms with Gasteiger partial charge in [-0.1, -0.05) is 23.7 Å². The van der Waals surface area contributed by atoms with Crippen LogP contribution < -0.4 is 21.5 Å². The van der Waals surface area contributed by atoms with Gasteiger partial charge in [0.2, 0.25) is 0 Å². The van der Waals surface area contributed by atoms with Crippen LogP contribution in [-0.4, -0.2) is 10.2 Å². The Hall–Kier alpha value is -3.12. The molecule has 0 amide bonds. The Kier molecular flexibility index (Phi) is 3.74. The van der Waals surface area contributed by atoms with Crippen molar-refractivity contribution in [2.45, 2.75) is 6.54 Å². The van der Waals surface area contributed by atoms with Gasteiger partial charge in [0.15, 0.2) is 0 Å². The van der Waals surface area contributed by atoms with Crippen LogP contribution in [0.1, 0.15) is 5.56 Å². The molecule has 25 heavy (non-hydrogen) atoms.